The van der Waals surface area contributed by atoms with Crippen LogP contribution >= 0.6 is 23.4 Å². The highest BCUT2D eigenvalue weighted by molar-refractivity contribution is 7.99. The Labute approximate surface area is 171 Å². The number of ether oxygens (including phenoxy) is 1. The molecule has 2 aromatic carbocycles. The van der Waals surface area contributed by atoms with Crippen LogP contribution in [-0.4, -0.2) is 35.3 Å². The smallest absolute Gasteiger partial charge is 0.266 e. The van der Waals surface area contributed by atoms with Crippen LogP contribution < -0.4 is 4.74 Å². The van der Waals surface area contributed by atoms with Crippen molar-refractivity contribution in [3.8, 4) is 5.75 Å². The lowest BCUT2D eigenvalue weighted by Crippen LogP contribution is -2.49. The fourth-order valence-electron chi connectivity index (χ4n) is 3.39. The average Bonchev–Trinajstić information content (AvgIpc) is 2.89. The Kier molecular flexibility index (Phi) is 6.38. The van der Waals surface area contributed by atoms with Crippen LogP contribution in [0.15, 0.2) is 48.5 Å². The lowest BCUT2D eigenvalue weighted by Gasteiger charge is -2.31. The molecule has 5 heteroatoms. The van der Waals surface area contributed by atoms with Gasteiger partial charge in [-0.3, -0.25) is 4.79 Å². The summed E-state index contributed by atoms with van der Waals surface area (Å²) in [7, 11) is 0. The van der Waals surface area contributed by atoms with Crippen molar-refractivity contribution < 1.29 is 9.53 Å². The van der Waals surface area contributed by atoms with Crippen molar-refractivity contribution in [3.05, 3.63) is 64.7 Å². The lowest BCUT2D eigenvalue weighted by molar-refractivity contribution is -0.145. The van der Waals surface area contributed by atoms with Crippen molar-refractivity contribution in [2.24, 2.45) is 0 Å². The molecule has 1 atom stereocenters. The summed E-state index contributed by atoms with van der Waals surface area (Å²) < 4.78 is 5.99. The number of rotatable bonds is 4. The summed E-state index contributed by atoms with van der Waals surface area (Å²) in [4.78, 5) is 15.1. The third-order valence-corrected chi connectivity index (χ3v) is 6.43. The van der Waals surface area contributed by atoms with Crippen LogP contribution in [0.5, 0.6) is 5.75 Å². The Hall–Kier alpha value is -1.65. The number of thioether (sulfide) groups is 1. The van der Waals surface area contributed by atoms with Gasteiger partial charge in [0, 0.05) is 29.1 Å². The molecule has 0 radical (unpaired) electrons. The van der Waals surface area contributed by atoms with Crippen molar-refractivity contribution in [3.63, 3.8) is 0 Å². The van der Waals surface area contributed by atoms with Gasteiger partial charge in [-0.05, 0) is 62.6 Å². The largest absolute Gasteiger partial charge is 0.478 e. The van der Waals surface area contributed by atoms with E-state index in [2.05, 4.69) is 31.2 Å². The Morgan fingerprint density at radius 1 is 1.15 bits per heavy atom. The van der Waals surface area contributed by atoms with E-state index < -0.39 is 5.60 Å². The number of aryl methyl sites for hydroxylation is 1. The Bertz CT molecular complexity index is 791. The van der Waals surface area contributed by atoms with Gasteiger partial charge in [-0.1, -0.05) is 35.9 Å². The average molecular weight is 404 g/mol. The first-order chi connectivity index (χ1) is 12.9. The highest BCUT2D eigenvalue weighted by Gasteiger charge is 2.35. The van der Waals surface area contributed by atoms with Crippen LogP contribution in [0.2, 0.25) is 5.02 Å². The highest BCUT2D eigenvalue weighted by atomic mass is 35.5. The second kappa shape index (κ2) is 8.57. The third-order valence-electron chi connectivity index (χ3n) is 4.87. The van der Waals surface area contributed by atoms with Crippen LogP contribution in [0.25, 0.3) is 0 Å². The van der Waals surface area contributed by atoms with E-state index >= 15 is 0 Å². The molecule has 1 aliphatic heterocycles. The fourth-order valence-corrected chi connectivity index (χ4v) is 4.84. The molecule has 0 N–H and O–H groups in total. The molecular formula is C22H26ClNO2S. The molecule has 1 fully saturated rings. The Morgan fingerprint density at radius 2 is 1.85 bits per heavy atom. The highest BCUT2D eigenvalue weighted by Crippen LogP contribution is 2.36. The zero-order valence-electron chi connectivity index (χ0n) is 16.1. The molecule has 0 bridgehead atoms. The first-order valence-electron chi connectivity index (χ1n) is 9.28. The molecule has 1 heterocycles. The van der Waals surface area contributed by atoms with E-state index in [-0.39, 0.29) is 5.91 Å². The molecule has 0 aliphatic carbocycles. The van der Waals surface area contributed by atoms with Gasteiger partial charge in [0.1, 0.15) is 5.75 Å². The summed E-state index contributed by atoms with van der Waals surface area (Å²) in [5, 5.41) is 1.09. The summed E-state index contributed by atoms with van der Waals surface area (Å²) in [6.07, 6.45) is 0.957. The van der Waals surface area contributed by atoms with Crippen molar-refractivity contribution in [1.29, 1.82) is 0 Å². The van der Waals surface area contributed by atoms with Crippen LogP contribution in [0.4, 0.5) is 0 Å². The molecule has 1 saturated heterocycles. The quantitative estimate of drug-likeness (QED) is 0.673. The maximum atomic E-state index is 13.1. The molecule has 2 aromatic rings. The van der Waals surface area contributed by atoms with E-state index in [1.54, 1.807) is 24.3 Å². The summed E-state index contributed by atoms with van der Waals surface area (Å²) >= 11 is 7.87. The number of carbonyl (C=O) groups excluding carboxylic acids is 1. The minimum absolute atomic E-state index is 0.0310. The first-order valence-corrected chi connectivity index (χ1v) is 10.7. The van der Waals surface area contributed by atoms with Crippen molar-refractivity contribution in [2.75, 3.05) is 18.8 Å². The van der Waals surface area contributed by atoms with Gasteiger partial charge in [-0.2, -0.15) is 11.8 Å². The lowest BCUT2D eigenvalue weighted by atomic mass is 10.0. The Balaban J connectivity index is 1.66. The van der Waals surface area contributed by atoms with E-state index in [9.17, 15) is 4.79 Å². The van der Waals surface area contributed by atoms with Crippen LogP contribution in [0.3, 0.4) is 0 Å². The summed E-state index contributed by atoms with van der Waals surface area (Å²) in [6, 6.07) is 15.7. The maximum absolute atomic E-state index is 13.1. The molecule has 1 aliphatic rings. The summed E-state index contributed by atoms with van der Waals surface area (Å²) in [5.41, 5.74) is 1.79. The van der Waals surface area contributed by atoms with E-state index in [4.69, 9.17) is 16.3 Å². The second-order valence-electron chi connectivity index (χ2n) is 7.36. The van der Waals surface area contributed by atoms with E-state index in [1.807, 2.05) is 30.5 Å². The van der Waals surface area contributed by atoms with Gasteiger partial charge in [0.15, 0.2) is 5.60 Å². The van der Waals surface area contributed by atoms with E-state index in [0.29, 0.717) is 16.0 Å². The van der Waals surface area contributed by atoms with E-state index in [0.717, 1.165) is 25.3 Å². The molecule has 0 spiro atoms. The summed E-state index contributed by atoms with van der Waals surface area (Å²) in [6.45, 7) is 7.33. The maximum Gasteiger partial charge on any atom is 0.266 e. The second-order valence-corrected chi connectivity index (χ2v) is 9.11. The molecule has 27 heavy (non-hydrogen) atoms. The van der Waals surface area contributed by atoms with Gasteiger partial charge in [-0.25, -0.2) is 0 Å². The molecule has 0 saturated carbocycles. The number of hydrogen-bond donors (Lipinski definition) is 0. The monoisotopic (exact) mass is 403 g/mol. The predicted molar refractivity (Wildman–Crippen MR) is 114 cm³/mol. The predicted octanol–water partition coefficient (Wildman–Crippen LogP) is 5.51. The third kappa shape index (κ3) is 4.99. The number of benzene rings is 2. The van der Waals surface area contributed by atoms with Crippen LogP contribution in [-0.2, 0) is 4.79 Å². The minimum Gasteiger partial charge on any atom is -0.478 e. The topological polar surface area (TPSA) is 29.5 Å². The van der Waals surface area contributed by atoms with Crippen LogP contribution in [0.1, 0.15) is 36.6 Å². The molecule has 3 nitrogen and oxygen atoms in total. The van der Waals surface area contributed by atoms with Gasteiger partial charge in [0.2, 0.25) is 0 Å². The molecule has 144 valence electrons. The standard InChI is InChI=1S/C22H26ClNO2S/c1-16-6-4-5-7-19(16)20-12-13-24(14-15-27-20)21(25)22(2,3)26-18-10-8-17(23)9-11-18/h4-11,20H,12-15H2,1-3H3. The molecule has 3 rings (SSSR count). The van der Waals surface area contributed by atoms with Gasteiger partial charge in [-0.15, -0.1) is 0 Å². The fraction of sp³-hybridized carbons (Fsp3) is 0.409. The first kappa shape index (κ1) is 20.1. The van der Waals surface area contributed by atoms with Gasteiger partial charge < -0.3 is 9.64 Å². The van der Waals surface area contributed by atoms with E-state index in [1.165, 1.54) is 11.1 Å². The number of nitrogens with zero attached hydrogens (tertiary/aromatic N) is 1. The minimum atomic E-state index is -0.916. The number of amides is 1. The zero-order chi connectivity index (χ0) is 19.4. The number of carbonyl (C=O) groups is 1. The number of hydrogen-bond acceptors (Lipinski definition) is 3. The van der Waals surface area contributed by atoms with Gasteiger partial charge in [0.25, 0.3) is 5.91 Å². The molecule has 1 unspecified atom stereocenters. The SMILES string of the molecule is Cc1ccccc1C1CCN(C(=O)C(C)(C)Oc2ccc(Cl)cc2)CCS1. The molecule has 1 amide bonds. The zero-order valence-corrected chi connectivity index (χ0v) is 17.6. The summed E-state index contributed by atoms with van der Waals surface area (Å²) in [5.74, 6) is 1.62. The van der Waals surface area contributed by atoms with Crippen molar-refractivity contribution in [1.82, 2.24) is 4.90 Å². The van der Waals surface area contributed by atoms with Crippen LogP contribution in [0, 0.1) is 6.92 Å². The van der Waals surface area contributed by atoms with Crippen molar-refractivity contribution in [2.45, 2.75) is 38.0 Å². The van der Waals surface area contributed by atoms with Gasteiger partial charge >= 0.3 is 0 Å². The van der Waals surface area contributed by atoms with Crippen molar-refractivity contribution >= 4 is 29.3 Å². The van der Waals surface area contributed by atoms with Gasteiger partial charge in [0.05, 0.1) is 0 Å². The number of halogens is 1. The Morgan fingerprint density at radius 3 is 2.56 bits per heavy atom. The normalized spacial score (nSPS) is 18.1. The molecular weight excluding hydrogens is 378 g/mol. The molecule has 0 aromatic heterocycles.